The topological polar surface area (TPSA) is 123 Å². The fourth-order valence-corrected chi connectivity index (χ4v) is 0.603. The summed E-state index contributed by atoms with van der Waals surface area (Å²) in [5.74, 6) is -1.96. The normalized spacial score (nSPS) is 14.8. The Kier molecular flexibility index (Phi) is 4.09. The van der Waals surface area contributed by atoms with E-state index in [0.717, 1.165) is 0 Å². The van der Waals surface area contributed by atoms with Crippen molar-refractivity contribution in [1.82, 2.24) is 0 Å². The van der Waals surface area contributed by atoms with Gasteiger partial charge in [0.15, 0.2) is 5.78 Å². The minimum Gasteiger partial charge on any atom is -0.481 e. The van der Waals surface area contributed by atoms with Crippen molar-refractivity contribution in [3.63, 3.8) is 0 Å². The highest BCUT2D eigenvalue weighted by Crippen LogP contribution is 1.92. The number of carbonyl (C=O) groups is 3. The van der Waals surface area contributed by atoms with Gasteiger partial charge in [0.2, 0.25) is 0 Å². The van der Waals surface area contributed by atoms with E-state index in [9.17, 15) is 14.4 Å². The highest BCUT2D eigenvalue weighted by molar-refractivity contribution is 6.01. The lowest BCUT2D eigenvalue weighted by atomic mass is 10.1. The van der Waals surface area contributed by atoms with Crippen LogP contribution in [-0.4, -0.2) is 35.2 Å². The molecule has 0 aliphatic carbocycles. The first-order chi connectivity index (χ1) is 5.49. The number of carbonyl (C=O) groups excluding carboxylic acids is 2. The van der Waals surface area contributed by atoms with E-state index in [1.54, 1.807) is 0 Å². The molecule has 0 heterocycles. The molecule has 0 spiro atoms. The molecule has 0 bridgehead atoms. The van der Waals surface area contributed by atoms with E-state index in [1.807, 2.05) is 0 Å². The van der Waals surface area contributed by atoms with Crippen molar-refractivity contribution in [3.8, 4) is 0 Å². The van der Waals surface area contributed by atoms with Gasteiger partial charge in [0.05, 0.1) is 12.5 Å². The van der Waals surface area contributed by atoms with Crippen molar-refractivity contribution in [1.29, 1.82) is 0 Å². The molecule has 0 saturated carbocycles. The van der Waals surface area contributed by atoms with E-state index in [0.29, 0.717) is 0 Å². The molecule has 6 nitrogen and oxygen atoms in total. The molecule has 0 aliphatic rings. The average molecular weight is 174 g/mol. The third kappa shape index (κ3) is 3.22. The summed E-state index contributed by atoms with van der Waals surface area (Å²) in [6.45, 7) is 0. The molecule has 0 aliphatic heterocycles. The number of carboxylic acids is 1. The van der Waals surface area contributed by atoms with Crippen LogP contribution in [0.4, 0.5) is 0 Å². The second-order valence-corrected chi connectivity index (χ2v) is 2.27. The summed E-state index contributed by atoms with van der Waals surface area (Å²) in [4.78, 5) is 30.9. The monoisotopic (exact) mass is 174 g/mol. The first-order valence-corrected chi connectivity index (χ1v) is 3.21. The molecule has 1 unspecified atom stereocenters. The third-order valence-electron chi connectivity index (χ3n) is 1.24. The SMILES string of the molecule is NC(C=O)C(=O)[C@@H](N)CC(=O)O. The predicted molar refractivity (Wildman–Crippen MR) is 39.3 cm³/mol. The van der Waals surface area contributed by atoms with Gasteiger partial charge < -0.3 is 21.4 Å². The Bertz CT molecular complexity index is 204. The number of carboxylic acid groups (broad SMARTS) is 1. The summed E-state index contributed by atoms with van der Waals surface area (Å²) >= 11 is 0. The molecule has 0 fully saturated rings. The van der Waals surface area contributed by atoms with Crippen LogP contribution in [0.3, 0.4) is 0 Å². The van der Waals surface area contributed by atoms with Gasteiger partial charge in [-0.05, 0) is 0 Å². The molecule has 0 aromatic rings. The molecule has 0 radical (unpaired) electrons. The Hall–Kier alpha value is -1.27. The van der Waals surface area contributed by atoms with Gasteiger partial charge in [-0.3, -0.25) is 9.59 Å². The number of nitrogens with two attached hydrogens (primary N) is 2. The molecular weight excluding hydrogens is 164 g/mol. The first-order valence-electron chi connectivity index (χ1n) is 3.21. The maximum Gasteiger partial charge on any atom is 0.305 e. The van der Waals surface area contributed by atoms with Gasteiger partial charge in [-0.15, -0.1) is 0 Å². The number of hydrogen-bond acceptors (Lipinski definition) is 5. The van der Waals surface area contributed by atoms with Crippen LogP contribution in [-0.2, 0) is 14.4 Å². The summed E-state index contributed by atoms with van der Waals surface area (Å²) in [7, 11) is 0. The van der Waals surface area contributed by atoms with Crippen LogP contribution in [0.5, 0.6) is 0 Å². The molecule has 2 atom stereocenters. The van der Waals surface area contributed by atoms with Gasteiger partial charge in [-0.1, -0.05) is 0 Å². The molecule has 0 rings (SSSR count). The number of hydrogen-bond donors (Lipinski definition) is 3. The Morgan fingerprint density at radius 3 is 2.25 bits per heavy atom. The van der Waals surface area contributed by atoms with Crippen LogP contribution >= 0.6 is 0 Å². The zero-order chi connectivity index (χ0) is 9.72. The fraction of sp³-hybridized carbons (Fsp3) is 0.500. The lowest BCUT2D eigenvalue weighted by Crippen LogP contribution is -2.45. The highest BCUT2D eigenvalue weighted by Gasteiger charge is 2.22. The molecular formula is C6H10N2O4. The summed E-state index contributed by atoms with van der Waals surface area (Å²) in [6.07, 6.45) is -0.287. The van der Waals surface area contributed by atoms with Crippen LogP contribution in [0.25, 0.3) is 0 Å². The molecule has 68 valence electrons. The van der Waals surface area contributed by atoms with Crippen LogP contribution < -0.4 is 11.5 Å². The lowest BCUT2D eigenvalue weighted by Gasteiger charge is -2.08. The van der Waals surface area contributed by atoms with Gasteiger partial charge in [0, 0.05) is 0 Å². The molecule has 6 heteroatoms. The summed E-state index contributed by atoms with van der Waals surface area (Å²) < 4.78 is 0. The fourth-order valence-electron chi connectivity index (χ4n) is 0.603. The lowest BCUT2D eigenvalue weighted by molar-refractivity contribution is -0.139. The predicted octanol–water partition coefficient (Wildman–Crippen LogP) is -2.12. The van der Waals surface area contributed by atoms with E-state index >= 15 is 0 Å². The molecule has 0 aromatic heterocycles. The van der Waals surface area contributed by atoms with Crippen molar-refractivity contribution in [2.75, 3.05) is 0 Å². The van der Waals surface area contributed by atoms with Gasteiger partial charge in [0.25, 0.3) is 0 Å². The van der Waals surface area contributed by atoms with E-state index in [2.05, 4.69) is 0 Å². The first kappa shape index (κ1) is 10.7. The number of rotatable bonds is 5. The molecule has 5 N–H and O–H groups in total. The Morgan fingerprint density at radius 1 is 1.42 bits per heavy atom. The standard InChI is InChI=1S/C6H10N2O4/c7-3(1-5(10)11)6(12)4(8)2-9/h2-4H,1,7-8H2,(H,10,11)/t3-,4?/m0/s1. The molecule has 0 aromatic carbocycles. The zero-order valence-electron chi connectivity index (χ0n) is 6.27. The summed E-state index contributed by atoms with van der Waals surface area (Å²) in [5, 5.41) is 8.23. The van der Waals surface area contributed by atoms with E-state index in [-0.39, 0.29) is 6.29 Å². The summed E-state index contributed by atoms with van der Waals surface area (Å²) in [5.41, 5.74) is 10.1. The van der Waals surface area contributed by atoms with Gasteiger partial charge in [-0.25, -0.2) is 0 Å². The molecule has 12 heavy (non-hydrogen) atoms. The zero-order valence-corrected chi connectivity index (χ0v) is 6.27. The van der Waals surface area contributed by atoms with Crippen molar-refractivity contribution >= 4 is 18.0 Å². The second kappa shape index (κ2) is 4.58. The Morgan fingerprint density at radius 2 is 1.92 bits per heavy atom. The van der Waals surface area contributed by atoms with E-state index < -0.39 is 30.3 Å². The third-order valence-corrected chi connectivity index (χ3v) is 1.24. The quantitative estimate of drug-likeness (QED) is 0.323. The number of aliphatic carboxylic acids is 1. The second-order valence-electron chi connectivity index (χ2n) is 2.27. The van der Waals surface area contributed by atoms with Crippen LogP contribution in [0.15, 0.2) is 0 Å². The number of Topliss-reactive ketones (excluding diaryl/α,β-unsaturated/α-hetero) is 1. The van der Waals surface area contributed by atoms with Crippen molar-refractivity contribution in [3.05, 3.63) is 0 Å². The smallest absolute Gasteiger partial charge is 0.305 e. The van der Waals surface area contributed by atoms with Gasteiger partial charge >= 0.3 is 5.97 Å². The Balaban J connectivity index is 4.09. The van der Waals surface area contributed by atoms with Gasteiger partial charge in [-0.2, -0.15) is 0 Å². The minimum absolute atomic E-state index is 0.226. The Labute approximate surface area is 68.5 Å². The minimum atomic E-state index is -1.32. The highest BCUT2D eigenvalue weighted by atomic mass is 16.4. The van der Waals surface area contributed by atoms with Crippen molar-refractivity contribution in [2.24, 2.45) is 11.5 Å². The van der Waals surface area contributed by atoms with Crippen LogP contribution in [0, 0.1) is 0 Å². The van der Waals surface area contributed by atoms with Crippen molar-refractivity contribution in [2.45, 2.75) is 18.5 Å². The average Bonchev–Trinajstić information content (AvgIpc) is 2.00. The molecule has 0 amide bonds. The maximum absolute atomic E-state index is 10.9. The van der Waals surface area contributed by atoms with Crippen molar-refractivity contribution < 1.29 is 19.5 Å². The van der Waals surface area contributed by atoms with Gasteiger partial charge in [0.1, 0.15) is 12.3 Å². The summed E-state index contributed by atoms with van der Waals surface area (Å²) in [6, 6.07) is -2.53. The molecule has 0 saturated heterocycles. The number of aldehydes is 1. The van der Waals surface area contributed by atoms with Crippen LogP contribution in [0.2, 0.25) is 0 Å². The number of ketones is 1. The maximum atomic E-state index is 10.9. The largest absolute Gasteiger partial charge is 0.481 e. The van der Waals surface area contributed by atoms with E-state index in [4.69, 9.17) is 16.6 Å². The van der Waals surface area contributed by atoms with E-state index in [1.165, 1.54) is 0 Å². The van der Waals surface area contributed by atoms with Crippen LogP contribution in [0.1, 0.15) is 6.42 Å².